The van der Waals surface area contributed by atoms with Gasteiger partial charge in [0.05, 0.1) is 10.6 Å². The molecule has 1 saturated carbocycles. The van der Waals surface area contributed by atoms with Crippen LogP contribution >= 0.6 is 11.6 Å². The van der Waals surface area contributed by atoms with Crippen LogP contribution in [0.4, 0.5) is 10.5 Å². The molecule has 4 rings (SSSR count). The summed E-state index contributed by atoms with van der Waals surface area (Å²) >= 11 is 6.85. The quantitative estimate of drug-likeness (QED) is 0.344. The molecule has 2 aliphatic carbocycles. The van der Waals surface area contributed by atoms with E-state index in [9.17, 15) is 9.59 Å². The molecule has 170 valence electrons. The van der Waals surface area contributed by atoms with Gasteiger partial charge in [0.1, 0.15) is 0 Å². The molecule has 2 aliphatic rings. The monoisotopic (exact) mass is 462 g/mol. The predicted molar refractivity (Wildman–Crippen MR) is 132 cm³/mol. The van der Waals surface area contributed by atoms with E-state index in [2.05, 4.69) is 22.9 Å². The summed E-state index contributed by atoms with van der Waals surface area (Å²) in [6.45, 7) is 4.44. The third-order valence-electron chi connectivity index (χ3n) is 6.01. The first-order valence-corrected chi connectivity index (χ1v) is 11.5. The molecular formula is C26H27ClN4O2. The topological polar surface area (TPSA) is 94.1 Å². The van der Waals surface area contributed by atoms with Crippen LogP contribution in [0.5, 0.6) is 0 Å². The standard InChI is InChI=1S/C26H27ClN4O2/c1-3-16-7-5-6-8-21(16)23(28)22-14-20(13-18-15-26(18,22)27)30-24(32)17-9-11-19(12-10-17)31-25(33)29-4-2/h5-14,18,28H,3-4,15H2,1-2H3,(H,30,32)(H2,29,31,33)/t18-,26?/m1/s1. The van der Waals surface area contributed by atoms with Gasteiger partial charge >= 0.3 is 6.03 Å². The number of hydrogen-bond donors (Lipinski definition) is 4. The van der Waals surface area contributed by atoms with Crippen molar-refractivity contribution in [3.8, 4) is 0 Å². The van der Waals surface area contributed by atoms with E-state index in [1.54, 1.807) is 24.3 Å². The molecule has 0 bridgehead atoms. The number of alkyl halides is 1. The van der Waals surface area contributed by atoms with Crippen molar-refractivity contribution in [2.45, 2.75) is 31.6 Å². The first-order chi connectivity index (χ1) is 15.9. The molecule has 2 aromatic carbocycles. The molecule has 0 spiro atoms. The Morgan fingerprint density at radius 2 is 1.82 bits per heavy atom. The summed E-state index contributed by atoms with van der Waals surface area (Å²) in [5, 5.41) is 17.2. The van der Waals surface area contributed by atoms with Gasteiger partial charge in [-0.1, -0.05) is 37.3 Å². The molecule has 6 nitrogen and oxygen atoms in total. The van der Waals surface area contributed by atoms with Crippen LogP contribution in [0.3, 0.4) is 0 Å². The maximum atomic E-state index is 12.8. The lowest BCUT2D eigenvalue weighted by atomic mass is 9.90. The summed E-state index contributed by atoms with van der Waals surface area (Å²) in [5.74, 6) is -0.170. The van der Waals surface area contributed by atoms with E-state index in [0.717, 1.165) is 29.5 Å². The summed E-state index contributed by atoms with van der Waals surface area (Å²) in [4.78, 5) is 23.9. The molecule has 0 radical (unpaired) electrons. The SMILES string of the molecule is CCNC(=O)Nc1ccc(C(=O)NC2=C[C@@H]3CC3(Cl)C(C(=N)c3ccccc3CC)=C2)cc1. The zero-order chi connectivity index (χ0) is 23.6. The minimum absolute atomic E-state index is 0.0901. The van der Waals surface area contributed by atoms with Gasteiger partial charge < -0.3 is 16.0 Å². The third-order valence-corrected chi connectivity index (χ3v) is 6.65. The van der Waals surface area contributed by atoms with E-state index in [0.29, 0.717) is 29.2 Å². The van der Waals surface area contributed by atoms with E-state index in [1.807, 2.05) is 43.3 Å². The van der Waals surface area contributed by atoms with Gasteiger partial charge in [-0.2, -0.15) is 0 Å². The molecule has 7 heteroatoms. The van der Waals surface area contributed by atoms with Crippen molar-refractivity contribution in [3.63, 3.8) is 0 Å². The Balaban J connectivity index is 1.50. The molecule has 0 aliphatic heterocycles. The summed E-state index contributed by atoms with van der Waals surface area (Å²) in [6, 6.07) is 14.3. The molecule has 3 amide bonds. The highest BCUT2D eigenvalue weighted by Crippen LogP contribution is 2.58. The molecule has 2 aromatic rings. The van der Waals surface area contributed by atoms with E-state index >= 15 is 0 Å². The Bertz CT molecular complexity index is 1170. The van der Waals surface area contributed by atoms with Crippen molar-refractivity contribution < 1.29 is 9.59 Å². The number of rotatable bonds is 7. The number of benzene rings is 2. The molecule has 0 heterocycles. The second kappa shape index (κ2) is 9.24. The minimum atomic E-state index is -0.571. The van der Waals surface area contributed by atoms with Crippen molar-refractivity contribution in [3.05, 3.63) is 88.6 Å². The van der Waals surface area contributed by atoms with E-state index in [4.69, 9.17) is 17.0 Å². The Morgan fingerprint density at radius 3 is 2.52 bits per heavy atom. The van der Waals surface area contributed by atoms with Crippen LogP contribution in [0.25, 0.3) is 0 Å². The van der Waals surface area contributed by atoms with Crippen LogP contribution < -0.4 is 16.0 Å². The van der Waals surface area contributed by atoms with E-state index in [1.165, 1.54) is 0 Å². The molecule has 1 fully saturated rings. The second-order valence-electron chi connectivity index (χ2n) is 8.25. The summed E-state index contributed by atoms with van der Waals surface area (Å²) in [7, 11) is 0. The summed E-state index contributed by atoms with van der Waals surface area (Å²) in [5.41, 5.74) is 4.85. The van der Waals surface area contributed by atoms with E-state index < -0.39 is 4.87 Å². The number of aryl methyl sites for hydroxylation is 1. The highest BCUT2D eigenvalue weighted by Gasteiger charge is 2.57. The molecule has 4 N–H and O–H groups in total. The lowest BCUT2D eigenvalue weighted by Gasteiger charge is -2.22. The summed E-state index contributed by atoms with van der Waals surface area (Å²) < 4.78 is 0. The minimum Gasteiger partial charge on any atom is -0.338 e. The fourth-order valence-electron chi connectivity index (χ4n) is 4.12. The van der Waals surface area contributed by atoms with Gasteiger partial charge in [0.2, 0.25) is 0 Å². The van der Waals surface area contributed by atoms with Gasteiger partial charge in [0, 0.05) is 40.5 Å². The smallest absolute Gasteiger partial charge is 0.319 e. The molecule has 0 aromatic heterocycles. The molecule has 0 saturated heterocycles. The normalized spacial score (nSPS) is 20.6. The fraction of sp³-hybridized carbons (Fsp3) is 0.269. The van der Waals surface area contributed by atoms with Crippen LogP contribution in [0.15, 0.2) is 72.0 Å². The number of hydrogen-bond acceptors (Lipinski definition) is 3. The number of halogens is 1. The zero-order valence-corrected chi connectivity index (χ0v) is 19.4. The lowest BCUT2D eigenvalue weighted by Crippen LogP contribution is -2.28. The van der Waals surface area contributed by atoms with Crippen LogP contribution in [0.2, 0.25) is 0 Å². The third kappa shape index (κ3) is 4.71. The molecular weight excluding hydrogens is 436 g/mol. The number of fused-ring (bicyclic) bond motifs is 1. The lowest BCUT2D eigenvalue weighted by molar-refractivity contribution is 0.0967. The average molecular weight is 463 g/mol. The maximum absolute atomic E-state index is 12.8. The number of nitrogens with one attached hydrogen (secondary N) is 4. The number of carbonyl (C=O) groups excluding carboxylic acids is 2. The second-order valence-corrected chi connectivity index (χ2v) is 8.93. The Kier molecular flexibility index (Phi) is 6.38. The van der Waals surface area contributed by atoms with Gasteiger partial charge in [0.15, 0.2) is 0 Å². The van der Waals surface area contributed by atoms with Crippen LogP contribution in [-0.4, -0.2) is 29.1 Å². The number of urea groups is 1. The zero-order valence-electron chi connectivity index (χ0n) is 18.7. The van der Waals surface area contributed by atoms with Crippen molar-refractivity contribution in [2.24, 2.45) is 5.92 Å². The first-order valence-electron chi connectivity index (χ1n) is 11.1. The van der Waals surface area contributed by atoms with Crippen molar-refractivity contribution in [1.29, 1.82) is 5.41 Å². The van der Waals surface area contributed by atoms with Crippen molar-refractivity contribution in [1.82, 2.24) is 10.6 Å². The number of allylic oxidation sites excluding steroid dienone is 3. The largest absolute Gasteiger partial charge is 0.338 e. The van der Waals surface area contributed by atoms with Crippen molar-refractivity contribution >= 4 is 34.9 Å². The van der Waals surface area contributed by atoms with Crippen molar-refractivity contribution in [2.75, 3.05) is 11.9 Å². The Labute approximate surface area is 198 Å². The number of carbonyl (C=O) groups is 2. The van der Waals surface area contributed by atoms with E-state index in [-0.39, 0.29) is 17.9 Å². The van der Waals surface area contributed by atoms with Crippen LogP contribution in [-0.2, 0) is 6.42 Å². The first kappa shape index (κ1) is 22.8. The van der Waals surface area contributed by atoms with Gasteiger partial charge in [-0.15, -0.1) is 11.6 Å². The van der Waals surface area contributed by atoms with Gasteiger partial charge in [-0.25, -0.2) is 4.79 Å². The summed E-state index contributed by atoms with van der Waals surface area (Å²) in [6.07, 6.45) is 5.37. The highest BCUT2D eigenvalue weighted by molar-refractivity contribution is 6.34. The van der Waals surface area contributed by atoms with Gasteiger partial charge in [0.25, 0.3) is 5.91 Å². The van der Waals surface area contributed by atoms with Crippen LogP contribution in [0.1, 0.15) is 41.8 Å². The Hall–Kier alpha value is -3.38. The van der Waals surface area contributed by atoms with Gasteiger partial charge in [-0.3, -0.25) is 10.2 Å². The Morgan fingerprint density at radius 1 is 1.09 bits per heavy atom. The molecule has 33 heavy (non-hydrogen) atoms. The highest BCUT2D eigenvalue weighted by atomic mass is 35.5. The van der Waals surface area contributed by atoms with Gasteiger partial charge in [-0.05, 0) is 55.7 Å². The maximum Gasteiger partial charge on any atom is 0.319 e. The fourth-order valence-corrected chi connectivity index (χ4v) is 4.50. The number of anilines is 1. The predicted octanol–water partition coefficient (Wildman–Crippen LogP) is 5.01. The molecule has 2 atom stereocenters. The average Bonchev–Trinajstić information content (AvgIpc) is 3.49. The van der Waals surface area contributed by atoms with Crippen LogP contribution in [0, 0.1) is 11.3 Å². The molecule has 1 unspecified atom stereocenters. The number of amides is 3.